The van der Waals surface area contributed by atoms with E-state index in [1.165, 1.54) is 18.4 Å². The van der Waals surface area contributed by atoms with Crippen LogP contribution in [0.2, 0.25) is 0 Å². The number of ether oxygens (including phenoxy) is 1. The molecule has 0 atom stereocenters. The Morgan fingerprint density at radius 2 is 2.32 bits per heavy atom. The standard InChI is InChI=1S/C13H14N2O2S2/c1-4-8-10(14-6-15-12(8)18)9-7(2)5-19-11(9)13(16)17-3/h5-6H,4H2,1-3H3,(H,14,15,18). The fourth-order valence-electron chi connectivity index (χ4n) is 1.98. The predicted octanol–water partition coefficient (Wildman–Crippen LogP) is 3.53. The van der Waals surface area contributed by atoms with Crippen molar-refractivity contribution in [1.29, 1.82) is 0 Å². The Morgan fingerprint density at radius 3 is 2.95 bits per heavy atom. The van der Waals surface area contributed by atoms with Gasteiger partial charge >= 0.3 is 5.97 Å². The molecule has 0 aliphatic rings. The highest BCUT2D eigenvalue weighted by Crippen LogP contribution is 2.33. The molecule has 2 rings (SSSR count). The van der Waals surface area contributed by atoms with Gasteiger partial charge in [0, 0.05) is 11.1 Å². The van der Waals surface area contributed by atoms with Crippen molar-refractivity contribution in [3.63, 3.8) is 0 Å². The van der Waals surface area contributed by atoms with Crippen LogP contribution in [0.25, 0.3) is 11.3 Å². The van der Waals surface area contributed by atoms with Gasteiger partial charge in [-0.3, -0.25) is 0 Å². The number of nitrogens with zero attached hydrogens (tertiary/aromatic N) is 1. The van der Waals surface area contributed by atoms with E-state index < -0.39 is 0 Å². The second-order valence-corrected chi connectivity index (χ2v) is 5.30. The number of nitrogens with one attached hydrogen (secondary N) is 1. The van der Waals surface area contributed by atoms with E-state index in [0.717, 1.165) is 28.8 Å². The van der Waals surface area contributed by atoms with Crippen molar-refractivity contribution < 1.29 is 9.53 Å². The summed E-state index contributed by atoms with van der Waals surface area (Å²) in [5, 5.41) is 1.94. The van der Waals surface area contributed by atoms with Crippen molar-refractivity contribution in [3.8, 4) is 11.3 Å². The van der Waals surface area contributed by atoms with Crippen molar-refractivity contribution >= 4 is 29.5 Å². The summed E-state index contributed by atoms with van der Waals surface area (Å²) in [6.45, 7) is 3.98. The van der Waals surface area contributed by atoms with Crippen molar-refractivity contribution in [2.45, 2.75) is 20.3 Å². The van der Waals surface area contributed by atoms with Gasteiger partial charge in [0.25, 0.3) is 0 Å². The number of aromatic nitrogens is 2. The lowest BCUT2D eigenvalue weighted by Gasteiger charge is -2.09. The lowest BCUT2D eigenvalue weighted by atomic mass is 10.0. The average molecular weight is 294 g/mol. The number of rotatable bonds is 3. The number of thiophene rings is 1. The Bertz CT molecular complexity index is 674. The van der Waals surface area contributed by atoms with Crippen molar-refractivity contribution in [2.75, 3.05) is 7.11 Å². The lowest BCUT2D eigenvalue weighted by molar-refractivity contribution is 0.0607. The van der Waals surface area contributed by atoms with E-state index in [0.29, 0.717) is 9.52 Å². The Kier molecular flexibility index (Phi) is 4.11. The number of carbonyl (C=O) groups excluding carboxylic acids is 1. The van der Waals surface area contributed by atoms with E-state index in [1.54, 1.807) is 6.33 Å². The molecule has 0 fully saturated rings. The predicted molar refractivity (Wildman–Crippen MR) is 78.2 cm³/mol. The summed E-state index contributed by atoms with van der Waals surface area (Å²) in [6, 6.07) is 0. The Hall–Kier alpha value is -1.53. The zero-order valence-corrected chi connectivity index (χ0v) is 12.6. The third-order valence-corrected chi connectivity index (χ3v) is 4.33. The van der Waals surface area contributed by atoms with E-state index in [2.05, 4.69) is 9.97 Å². The first-order chi connectivity index (χ1) is 9.10. The van der Waals surface area contributed by atoms with Crippen molar-refractivity contribution in [2.24, 2.45) is 0 Å². The van der Waals surface area contributed by atoms with Gasteiger partial charge in [0.15, 0.2) is 0 Å². The second-order valence-electron chi connectivity index (χ2n) is 4.03. The molecule has 0 saturated heterocycles. The molecule has 2 aromatic heterocycles. The fraction of sp³-hybridized carbons (Fsp3) is 0.308. The molecule has 4 nitrogen and oxygen atoms in total. The molecule has 2 heterocycles. The van der Waals surface area contributed by atoms with E-state index >= 15 is 0 Å². The number of aryl methyl sites for hydroxylation is 1. The summed E-state index contributed by atoms with van der Waals surface area (Å²) in [5.74, 6) is -0.328. The highest BCUT2D eigenvalue weighted by molar-refractivity contribution is 7.71. The summed E-state index contributed by atoms with van der Waals surface area (Å²) in [5.41, 5.74) is 3.70. The van der Waals surface area contributed by atoms with Crippen LogP contribution < -0.4 is 0 Å². The van der Waals surface area contributed by atoms with Crippen molar-refractivity contribution in [3.05, 3.63) is 32.4 Å². The van der Waals surface area contributed by atoms with Gasteiger partial charge in [-0.2, -0.15) is 0 Å². The highest BCUT2D eigenvalue weighted by atomic mass is 32.1. The van der Waals surface area contributed by atoms with Gasteiger partial charge in [0.05, 0.1) is 19.1 Å². The largest absolute Gasteiger partial charge is 0.465 e. The number of H-pyrrole nitrogens is 1. The minimum absolute atomic E-state index is 0.328. The third kappa shape index (κ3) is 2.46. The molecule has 0 aromatic carbocycles. The molecule has 0 bridgehead atoms. The first-order valence-electron chi connectivity index (χ1n) is 5.83. The summed E-state index contributed by atoms with van der Waals surface area (Å²) < 4.78 is 5.40. The quantitative estimate of drug-likeness (QED) is 0.695. The van der Waals surface area contributed by atoms with E-state index in [-0.39, 0.29) is 5.97 Å². The maximum absolute atomic E-state index is 11.8. The smallest absolute Gasteiger partial charge is 0.348 e. The molecule has 1 N–H and O–H groups in total. The SMILES string of the molecule is CCc1c(-c2c(C)csc2C(=O)OC)[nH]cnc1=S. The van der Waals surface area contributed by atoms with E-state index in [1.807, 2.05) is 19.2 Å². The summed E-state index contributed by atoms with van der Waals surface area (Å²) >= 11 is 6.63. The average Bonchev–Trinajstić information content (AvgIpc) is 2.79. The zero-order valence-electron chi connectivity index (χ0n) is 10.9. The molecule has 0 aliphatic heterocycles. The molecule has 0 spiro atoms. The fourth-order valence-corrected chi connectivity index (χ4v) is 3.25. The first-order valence-corrected chi connectivity index (χ1v) is 7.12. The monoisotopic (exact) mass is 294 g/mol. The minimum atomic E-state index is -0.328. The van der Waals surface area contributed by atoms with Gasteiger partial charge in [0.2, 0.25) is 0 Å². The molecule has 0 unspecified atom stereocenters. The molecular weight excluding hydrogens is 280 g/mol. The molecule has 19 heavy (non-hydrogen) atoms. The van der Waals surface area contributed by atoms with Gasteiger partial charge in [-0.15, -0.1) is 11.3 Å². The summed E-state index contributed by atoms with van der Waals surface area (Å²) in [6.07, 6.45) is 2.32. The van der Waals surface area contributed by atoms with Crippen LogP contribution in [0.15, 0.2) is 11.7 Å². The van der Waals surface area contributed by atoms with Gasteiger partial charge < -0.3 is 9.72 Å². The highest BCUT2D eigenvalue weighted by Gasteiger charge is 2.20. The van der Waals surface area contributed by atoms with Crippen LogP contribution in [0.4, 0.5) is 0 Å². The van der Waals surface area contributed by atoms with Crippen LogP contribution in [-0.4, -0.2) is 23.0 Å². The molecular formula is C13H14N2O2S2. The second kappa shape index (κ2) is 5.63. The Morgan fingerprint density at radius 1 is 1.58 bits per heavy atom. The normalized spacial score (nSPS) is 10.5. The molecule has 0 amide bonds. The molecule has 0 radical (unpaired) electrons. The third-order valence-electron chi connectivity index (χ3n) is 2.90. The maximum Gasteiger partial charge on any atom is 0.348 e. The van der Waals surface area contributed by atoms with E-state index in [4.69, 9.17) is 17.0 Å². The first kappa shape index (κ1) is 13.9. The number of methoxy groups -OCH3 is 1. The number of carbonyl (C=O) groups is 1. The Labute approximate surface area is 120 Å². The maximum atomic E-state index is 11.8. The Balaban J connectivity index is 2.72. The van der Waals surface area contributed by atoms with Crippen LogP contribution >= 0.6 is 23.6 Å². The summed E-state index contributed by atoms with van der Waals surface area (Å²) in [7, 11) is 1.39. The van der Waals surface area contributed by atoms with Gasteiger partial charge in [-0.25, -0.2) is 9.78 Å². The van der Waals surface area contributed by atoms with Crippen LogP contribution in [0.1, 0.15) is 27.7 Å². The van der Waals surface area contributed by atoms with Gasteiger partial charge in [0.1, 0.15) is 9.52 Å². The van der Waals surface area contributed by atoms with Crippen LogP contribution in [0, 0.1) is 11.6 Å². The number of hydrogen-bond donors (Lipinski definition) is 1. The molecule has 0 aliphatic carbocycles. The van der Waals surface area contributed by atoms with Crippen molar-refractivity contribution in [1.82, 2.24) is 9.97 Å². The zero-order chi connectivity index (χ0) is 14.0. The lowest BCUT2D eigenvalue weighted by Crippen LogP contribution is -2.03. The number of aromatic amines is 1. The molecule has 2 aromatic rings. The van der Waals surface area contributed by atoms with Gasteiger partial charge in [-0.05, 0) is 24.3 Å². The molecule has 100 valence electrons. The summed E-state index contributed by atoms with van der Waals surface area (Å²) in [4.78, 5) is 19.6. The molecule has 6 heteroatoms. The van der Waals surface area contributed by atoms with E-state index in [9.17, 15) is 4.79 Å². The minimum Gasteiger partial charge on any atom is -0.465 e. The van der Waals surface area contributed by atoms with Crippen LogP contribution in [-0.2, 0) is 11.2 Å². The van der Waals surface area contributed by atoms with Gasteiger partial charge in [-0.1, -0.05) is 19.1 Å². The number of hydrogen-bond acceptors (Lipinski definition) is 5. The van der Waals surface area contributed by atoms with Crippen LogP contribution in [0.5, 0.6) is 0 Å². The topological polar surface area (TPSA) is 55.0 Å². The molecule has 0 saturated carbocycles. The van der Waals surface area contributed by atoms with Crippen LogP contribution in [0.3, 0.4) is 0 Å². The number of esters is 1.